The number of aryl methyl sites for hydroxylation is 1. The van der Waals surface area contributed by atoms with E-state index in [0.29, 0.717) is 6.04 Å². The molecule has 0 fully saturated rings. The summed E-state index contributed by atoms with van der Waals surface area (Å²) in [6, 6.07) is 12.9. The predicted molar refractivity (Wildman–Crippen MR) is 78.6 cm³/mol. The summed E-state index contributed by atoms with van der Waals surface area (Å²) >= 11 is 3.41. The van der Waals surface area contributed by atoms with Crippen LogP contribution in [0.15, 0.2) is 47.1 Å². The molecule has 0 aliphatic carbocycles. The van der Waals surface area contributed by atoms with Crippen molar-refractivity contribution in [2.75, 3.05) is 7.05 Å². The Labute approximate surface area is 117 Å². The monoisotopic (exact) mass is 304 g/mol. The molecule has 0 aliphatic rings. The lowest BCUT2D eigenvalue weighted by molar-refractivity contribution is 0.581. The largest absolute Gasteiger partial charge is 0.313 e. The van der Waals surface area contributed by atoms with E-state index in [9.17, 15) is 0 Å². The molecule has 0 aliphatic heterocycles. The van der Waals surface area contributed by atoms with Gasteiger partial charge in [0.1, 0.15) is 0 Å². The van der Waals surface area contributed by atoms with Gasteiger partial charge in [0.2, 0.25) is 0 Å². The average molecular weight is 305 g/mol. The van der Waals surface area contributed by atoms with E-state index < -0.39 is 0 Å². The average Bonchev–Trinajstić information content (AvgIpc) is 2.39. The van der Waals surface area contributed by atoms with Gasteiger partial charge in [-0.15, -0.1) is 0 Å². The van der Waals surface area contributed by atoms with E-state index in [0.717, 1.165) is 16.6 Å². The van der Waals surface area contributed by atoms with Crippen LogP contribution in [0, 0.1) is 6.92 Å². The molecule has 3 heteroatoms. The van der Waals surface area contributed by atoms with Crippen molar-refractivity contribution in [1.82, 2.24) is 10.3 Å². The first kappa shape index (κ1) is 13.2. The summed E-state index contributed by atoms with van der Waals surface area (Å²) in [4.78, 5) is 4.43. The number of hydrogen-bond acceptors (Lipinski definition) is 2. The first-order valence-corrected chi connectivity index (χ1v) is 6.83. The van der Waals surface area contributed by atoms with E-state index in [1.807, 2.05) is 19.3 Å². The number of halogens is 1. The smallest absolute Gasteiger partial charge is 0.0423 e. The molecule has 2 rings (SSSR count). The lowest BCUT2D eigenvalue weighted by atomic mass is 9.97. The molecule has 1 heterocycles. The van der Waals surface area contributed by atoms with Crippen LogP contribution in [0.2, 0.25) is 0 Å². The fourth-order valence-corrected chi connectivity index (χ4v) is 2.32. The van der Waals surface area contributed by atoms with Gasteiger partial charge in [0.25, 0.3) is 0 Å². The molecule has 1 unspecified atom stereocenters. The summed E-state index contributed by atoms with van der Waals surface area (Å²) < 4.78 is 1.02. The molecule has 2 nitrogen and oxygen atoms in total. The molecule has 0 saturated carbocycles. The normalized spacial score (nSPS) is 12.4. The van der Waals surface area contributed by atoms with Crippen molar-refractivity contribution in [3.05, 3.63) is 63.9 Å². The second kappa shape index (κ2) is 6.12. The Bertz CT molecular complexity index is 508. The SMILES string of the molecule is CNC(Cc1ccc(Br)cn1)c1ccccc1C. The third kappa shape index (κ3) is 3.18. The van der Waals surface area contributed by atoms with Gasteiger partial charge in [-0.2, -0.15) is 0 Å². The highest BCUT2D eigenvalue weighted by Gasteiger charge is 2.12. The van der Waals surface area contributed by atoms with E-state index in [4.69, 9.17) is 0 Å². The van der Waals surface area contributed by atoms with E-state index in [1.165, 1.54) is 11.1 Å². The lowest BCUT2D eigenvalue weighted by Gasteiger charge is -2.18. The third-order valence-corrected chi connectivity index (χ3v) is 3.58. The highest BCUT2D eigenvalue weighted by atomic mass is 79.9. The lowest BCUT2D eigenvalue weighted by Crippen LogP contribution is -2.20. The number of rotatable bonds is 4. The first-order valence-electron chi connectivity index (χ1n) is 6.04. The zero-order valence-electron chi connectivity index (χ0n) is 10.7. The van der Waals surface area contributed by atoms with Gasteiger partial charge in [0.15, 0.2) is 0 Å². The van der Waals surface area contributed by atoms with Crippen molar-refractivity contribution in [2.45, 2.75) is 19.4 Å². The number of benzene rings is 1. The molecular weight excluding hydrogens is 288 g/mol. The molecule has 0 radical (unpaired) electrons. The summed E-state index contributed by atoms with van der Waals surface area (Å²) in [6.07, 6.45) is 2.74. The van der Waals surface area contributed by atoms with Crippen LogP contribution >= 0.6 is 15.9 Å². The number of likely N-dealkylation sites (N-methyl/N-ethyl adjacent to an activating group) is 1. The van der Waals surface area contributed by atoms with Crippen molar-refractivity contribution >= 4 is 15.9 Å². The fourth-order valence-electron chi connectivity index (χ4n) is 2.08. The zero-order valence-corrected chi connectivity index (χ0v) is 12.2. The van der Waals surface area contributed by atoms with Crippen LogP contribution in [-0.2, 0) is 6.42 Å². The van der Waals surface area contributed by atoms with Gasteiger partial charge in [-0.3, -0.25) is 4.98 Å². The molecule has 18 heavy (non-hydrogen) atoms. The Kier molecular flexibility index (Phi) is 4.50. The van der Waals surface area contributed by atoms with Crippen LogP contribution in [0.3, 0.4) is 0 Å². The minimum atomic E-state index is 0.305. The minimum Gasteiger partial charge on any atom is -0.313 e. The van der Waals surface area contributed by atoms with Gasteiger partial charge in [-0.1, -0.05) is 24.3 Å². The highest BCUT2D eigenvalue weighted by Crippen LogP contribution is 2.21. The summed E-state index contributed by atoms with van der Waals surface area (Å²) in [5.41, 5.74) is 3.75. The molecule has 0 amide bonds. The topological polar surface area (TPSA) is 24.9 Å². The Morgan fingerprint density at radius 3 is 2.61 bits per heavy atom. The fraction of sp³-hybridized carbons (Fsp3) is 0.267. The number of hydrogen-bond donors (Lipinski definition) is 1. The minimum absolute atomic E-state index is 0.305. The molecule has 1 aromatic carbocycles. The summed E-state index contributed by atoms with van der Waals surface area (Å²) in [5.74, 6) is 0. The summed E-state index contributed by atoms with van der Waals surface area (Å²) in [5, 5.41) is 3.37. The maximum Gasteiger partial charge on any atom is 0.0423 e. The molecule has 2 aromatic rings. The maximum atomic E-state index is 4.43. The van der Waals surface area contributed by atoms with Gasteiger partial charge in [-0.05, 0) is 53.2 Å². The Morgan fingerprint density at radius 1 is 1.22 bits per heavy atom. The van der Waals surface area contributed by atoms with Gasteiger partial charge in [0, 0.05) is 28.8 Å². The Morgan fingerprint density at radius 2 is 2.00 bits per heavy atom. The summed E-state index contributed by atoms with van der Waals surface area (Å²) in [7, 11) is 2.00. The molecule has 1 aromatic heterocycles. The number of nitrogens with zero attached hydrogens (tertiary/aromatic N) is 1. The number of nitrogens with one attached hydrogen (secondary N) is 1. The van der Waals surface area contributed by atoms with Gasteiger partial charge in [-0.25, -0.2) is 0 Å². The second-order valence-corrected chi connectivity index (χ2v) is 5.29. The van der Waals surface area contributed by atoms with E-state index in [-0.39, 0.29) is 0 Å². The van der Waals surface area contributed by atoms with Crippen molar-refractivity contribution < 1.29 is 0 Å². The highest BCUT2D eigenvalue weighted by molar-refractivity contribution is 9.10. The van der Waals surface area contributed by atoms with Gasteiger partial charge < -0.3 is 5.32 Å². The van der Waals surface area contributed by atoms with Crippen molar-refractivity contribution in [2.24, 2.45) is 0 Å². The van der Waals surface area contributed by atoms with Crippen LogP contribution in [0.4, 0.5) is 0 Å². The quantitative estimate of drug-likeness (QED) is 0.932. The Balaban J connectivity index is 2.20. The van der Waals surface area contributed by atoms with Gasteiger partial charge >= 0.3 is 0 Å². The molecular formula is C15H17BrN2. The summed E-state index contributed by atoms with van der Waals surface area (Å²) in [6.45, 7) is 2.15. The van der Waals surface area contributed by atoms with E-state index >= 15 is 0 Å². The molecule has 0 saturated heterocycles. The van der Waals surface area contributed by atoms with E-state index in [2.05, 4.69) is 63.5 Å². The molecule has 1 atom stereocenters. The standard InChI is InChI=1S/C15H17BrN2/c1-11-5-3-4-6-14(11)15(17-2)9-13-8-7-12(16)10-18-13/h3-8,10,15,17H,9H2,1-2H3. The predicted octanol–water partition coefficient (Wildman–Crippen LogP) is 3.66. The molecule has 1 N–H and O–H groups in total. The van der Waals surface area contributed by atoms with Crippen molar-refractivity contribution in [3.63, 3.8) is 0 Å². The second-order valence-electron chi connectivity index (χ2n) is 4.37. The maximum absolute atomic E-state index is 4.43. The zero-order chi connectivity index (χ0) is 13.0. The third-order valence-electron chi connectivity index (χ3n) is 3.11. The first-order chi connectivity index (χ1) is 8.70. The molecule has 0 bridgehead atoms. The van der Waals surface area contributed by atoms with Crippen LogP contribution in [0.1, 0.15) is 22.9 Å². The number of pyridine rings is 1. The van der Waals surface area contributed by atoms with Crippen LogP contribution < -0.4 is 5.32 Å². The number of aromatic nitrogens is 1. The van der Waals surface area contributed by atoms with Crippen molar-refractivity contribution in [1.29, 1.82) is 0 Å². The molecule has 0 spiro atoms. The van der Waals surface area contributed by atoms with Crippen LogP contribution in [-0.4, -0.2) is 12.0 Å². The van der Waals surface area contributed by atoms with E-state index in [1.54, 1.807) is 0 Å². The van der Waals surface area contributed by atoms with Crippen molar-refractivity contribution in [3.8, 4) is 0 Å². The van der Waals surface area contributed by atoms with Gasteiger partial charge in [0.05, 0.1) is 0 Å². The molecule has 94 valence electrons. The van der Waals surface area contributed by atoms with Crippen LogP contribution in [0.25, 0.3) is 0 Å². The Hall–Kier alpha value is -1.19. The van der Waals surface area contributed by atoms with Crippen LogP contribution in [0.5, 0.6) is 0 Å².